The second-order valence-corrected chi connectivity index (χ2v) is 10.0. The Balaban J connectivity index is 1.26. The second kappa shape index (κ2) is 10.8. The molecule has 212 valence electrons. The molecule has 12 nitrogen and oxygen atoms in total. The third kappa shape index (κ3) is 4.96. The molecule has 6 rings (SSSR count). The van der Waals surface area contributed by atoms with Gasteiger partial charge in [-0.25, -0.2) is 9.07 Å². The second-order valence-electron chi connectivity index (χ2n) is 10.0. The van der Waals surface area contributed by atoms with Crippen LogP contribution in [0.15, 0.2) is 73.2 Å². The fraction of sp³-hybridized carbons (Fsp3) is 0.207. The van der Waals surface area contributed by atoms with E-state index in [2.05, 4.69) is 25.7 Å². The molecule has 3 N–H and O–H groups in total. The van der Waals surface area contributed by atoms with E-state index in [-0.39, 0.29) is 25.2 Å². The molecule has 0 spiro atoms. The first-order valence-corrected chi connectivity index (χ1v) is 13.2. The Hall–Kier alpha value is -5.46. The van der Waals surface area contributed by atoms with E-state index < -0.39 is 29.9 Å². The summed E-state index contributed by atoms with van der Waals surface area (Å²) >= 11 is 0. The highest BCUT2D eigenvalue weighted by Crippen LogP contribution is 2.28. The van der Waals surface area contributed by atoms with Crippen molar-refractivity contribution in [2.75, 3.05) is 11.9 Å². The molecular formula is C29H26FN9O3. The van der Waals surface area contributed by atoms with Gasteiger partial charge in [-0.3, -0.25) is 19.1 Å². The van der Waals surface area contributed by atoms with Crippen LogP contribution in [0.4, 0.5) is 10.1 Å². The summed E-state index contributed by atoms with van der Waals surface area (Å²) in [7, 11) is 0. The van der Waals surface area contributed by atoms with Crippen molar-refractivity contribution in [1.82, 2.24) is 34.7 Å². The molecule has 0 saturated carbocycles. The van der Waals surface area contributed by atoms with Gasteiger partial charge in [0.2, 0.25) is 11.8 Å². The summed E-state index contributed by atoms with van der Waals surface area (Å²) in [6.45, 7) is 1.33. The molecule has 4 heterocycles. The summed E-state index contributed by atoms with van der Waals surface area (Å²) in [5.74, 6) is -1.79. The number of aryl methyl sites for hydroxylation is 1. The van der Waals surface area contributed by atoms with Gasteiger partial charge in [-0.1, -0.05) is 18.2 Å². The molecule has 3 aromatic heterocycles. The van der Waals surface area contributed by atoms with Gasteiger partial charge in [-0.15, -0.1) is 0 Å². The van der Waals surface area contributed by atoms with Gasteiger partial charge in [0.15, 0.2) is 5.69 Å². The standard InChI is InChI=1S/C29H26FN9O3/c1-17-8-11-34-39(17)24-5-3-2-4-22(24)35-29(42)25-13-20(30)15-37(25)26(40)16-38-23-7-6-18(19-9-10-32-33-14-19)12-21(23)27(36-38)28(31)41/h2-12,14,20,25H,13,15-16H2,1H3,(H2,31,41)(H,35,42). The zero-order valence-corrected chi connectivity index (χ0v) is 22.5. The van der Waals surface area contributed by atoms with Crippen molar-refractivity contribution in [3.63, 3.8) is 0 Å². The van der Waals surface area contributed by atoms with Crippen molar-refractivity contribution in [3.8, 4) is 16.8 Å². The molecular weight excluding hydrogens is 541 g/mol. The van der Waals surface area contributed by atoms with Gasteiger partial charge < -0.3 is 16.0 Å². The lowest BCUT2D eigenvalue weighted by molar-refractivity contribution is -0.137. The van der Waals surface area contributed by atoms with Crippen molar-refractivity contribution >= 4 is 34.3 Å². The molecule has 1 saturated heterocycles. The summed E-state index contributed by atoms with van der Waals surface area (Å²) in [4.78, 5) is 40.4. The summed E-state index contributed by atoms with van der Waals surface area (Å²) < 4.78 is 17.7. The number of para-hydroxylation sites is 2. The van der Waals surface area contributed by atoms with Crippen LogP contribution in [0.2, 0.25) is 0 Å². The first-order valence-electron chi connectivity index (χ1n) is 13.2. The van der Waals surface area contributed by atoms with Gasteiger partial charge in [0.1, 0.15) is 18.8 Å². The number of halogens is 1. The summed E-state index contributed by atoms with van der Waals surface area (Å²) in [6, 6.07) is 14.9. The number of nitrogens with zero attached hydrogens (tertiary/aromatic N) is 7. The monoisotopic (exact) mass is 567 g/mol. The number of nitrogens with one attached hydrogen (secondary N) is 1. The molecule has 5 aromatic rings. The van der Waals surface area contributed by atoms with E-state index >= 15 is 0 Å². The van der Waals surface area contributed by atoms with Crippen LogP contribution >= 0.6 is 0 Å². The Labute approximate surface area is 238 Å². The Bertz CT molecular complexity index is 1820. The van der Waals surface area contributed by atoms with E-state index in [1.807, 2.05) is 19.1 Å². The lowest BCUT2D eigenvalue weighted by atomic mass is 10.0. The highest BCUT2D eigenvalue weighted by atomic mass is 19.1. The van der Waals surface area contributed by atoms with E-state index in [0.717, 1.165) is 16.8 Å². The average molecular weight is 568 g/mol. The minimum atomic E-state index is -1.37. The van der Waals surface area contributed by atoms with Gasteiger partial charge in [0.05, 0.1) is 35.8 Å². The van der Waals surface area contributed by atoms with E-state index in [9.17, 15) is 18.8 Å². The zero-order chi connectivity index (χ0) is 29.4. The highest BCUT2D eigenvalue weighted by Gasteiger charge is 2.40. The normalized spacial score (nSPS) is 16.6. The lowest BCUT2D eigenvalue weighted by Gasteiger charge is -2.24. The number of rotatable bonds is 7. The third-order valence-corrected chi connectivity index (χ3v) is 7.28. The number of carbonyl (C=O) groups is 3. The average Bonchev–Trinajstić information content (AvgIpc) is 3.70. The third-order valence-electron chi connectivity index (χ3n) is 7.28. The number of nitrogens with two attached hydrogens (primary N) is 1. The Kier molecular flexibility index (Phi) is 6.90. The summed E-state index contributed by atoms with van der Waals surface area (Å²) in [5, 5.41) is 19.6. The fourth-order valence-electron chi connectivity index (χ4n) is 5.25. The molecule has 42 heavy (non-hydrogen) atoms. The van der Waals surface area contributed by atoms with Crippen LogP contribution in [0.25, 0.3) is 27.7 Å². The number of hydrogen-bond donors (Lipinski definition) is 2. The van der Waals surface area contributed by atoms with Crippen molar-refractivity contribution in [2.45, 2.75) is 32.1 Å². The largest absolute Gasteiger partial charge is 0.364 e. The van der Waals surface area contributed by atoms with Gasteiger partial charge in [-0.2, -0.15) is 20.4 Å². The minimum absolute atomic E-state index is 0.00808. The van der Waals surface area contributed by atoms with E-state index in [1.165, 1.54) is 9.58 Å². The van der Waals surface area contributed by atoms with Crippen LogP contribution < -0.4 is 11.1 Å². The van der Waals surface area contributed by atoms with Crippen molar-refractivity contribution in [2.24, 2.45) is 5.73 Å². The van der Waals surface area contributed by atoms with Crippen molar-refractivity contribution < 1.29 is 18.8 Å². The Morgan fingerprint density at radius 3 is 2.62 bits per heavy atom. The molecule has 0 radical (unpaired) electrons. The van der Waals surface area contributed by atoms with Crippen molar-refractivity contribution in [3.05, 3.63) is 84.6 Å². The van der Waals surface area contributed by atoms with Crippen LogP contribution in [-0.2, 0) is 16.1 Å². The smallest absolute Gasteiger partial charge is 0.269 e. The van der Waals surface area contributed by atoms with Crippen LogP contribution in [0.3, 0.4) is 0 Å². The zero-order valence-electron chi connectivity index (χ0n) is 22.5. The lowest BCUT2D eigenvalue weighted by Crippen LogP contribution is -2.44. The Morgan fingerprint density at radius 2 is 1.88 bits per heavy atom. The first-order chi connectivity index (χ1) is 20.3. The SMILES string of the molecule is Cc1ccnn1-c1ccccc1NC(=O)C1CC(F)CN1C(=O)Cn1nc(C(N)=O)c2cc(-c3ccnnc3)ccc21. The molecule has 0 aliphatic carbocycles. The number of aromatic nitrogens is 6. The van der Waals surface area contributed by atoms with Gasteiger partial charge >= 0.3 is 0 Å². The molecule has 3 amide bonds. The number of amides is 3. The number of primary amides is 1. The maximum atomic E-state index is 14.7. The number of fused-ring (bicyclic) bond motifs is 1. The number of carbonyl (C=O) groups excluding carboxylic acids is 3. The van der Waals surface area contributed by atoms with Crippen LogP contribution in [0.5, 0.6) is 0 Å². The van der Waals surface area contributed by atoms with Crippen LogP contribution in [0.1, 0.15) is 22.6 Å². The number of likely N-dealkylation sites (tertiary alicyclic amines) is 1. The van der Waals surface area contributed by atoms with Gasteiger partial charge in [-0.05, 0) is 48.9 Å². The molecule has 1 aliphatic heterocycles. The van der Waals surface area contributed by atoms with Gasteiger partial charge in [0, 0.05) is 29.3 Å². The molecule has 2 unspecified atom stereocenters. The quantitative estimate of drug-likeness (QED) is 0.306. The first kappa shape index (κ1) is 26.7. The number of alkyl halides is 1. The van der Waals surface area contributed by atoms with Crippen LogP contribution in [-0.4, -0.2) is 71.1 Å². The Morgan fingerprint density at radius 1 is 1.05 bits per heavy atom. The summed E-state index contributed by atoms with van der Waals surface area (Å²) in [6.07, 6.45) is 3.27. The molecule has 1 aliphatic rings. The molecule has 13 heteroatoms. The molecule has 1 fully saturated rings. The van der Waals surface area contributed by atoms with Gasteiger partial charge in [0.25, 0.3) is 5.91 Å². The number of anilines is 1. The molecule has 0 bridgehead atoms. The van der Waals surface area contributed by atoms with Crippen molar-refractivity contribution in [1.29, 1.82) is 0 Å². The van der Waals surface area contributed by atoms with Crippen LogP contribution in [0, 0.1) is 6.92 Å². The fourth-order valence-corrected chi connectivity index (χ4v) is 5.25. The minimum Gasteiger partial charge on any atom is -0.364 e. The predicted molar refractivity (Wildman–Crippen MR) is 151 cm³/mol. The maximum Gasteiger partial charge on any atom is 0.269 e. The van der Waals surface area contributed by atoms with E-state index in [1.54, 1.807) is 65.7 Å². The van der Waals surface area contributed by atoms with E-state index in [4.69, 9.17) is 5.73 Å². The predicted octanol–water partition coefficient (Wildman–Crippen LogP) is 2.66. The molecule has 2 atom stereocenters. The highest BCUT2D eigenvalue weighted by molar-refractivity contribution is 6.05. The number of hydrogen-bond acceptors (Lipinski definition) is 7. The maximum absolute atomic E-state index is 14.7. The topological polar surface area (TPSA) is 154 Å². The number of benzene rings is 2. The molecule has 2 aromatic carbocycles. The van der Waals surface area contributed by atoms with E-state index in [0.29, 0.717) is 22.3 Å². The summed E-state index contributed by atoms with van der Waals surface area (Å²) in [5.41, 5.74) is 9.60.